The molecule has 1 fully saturated rings. The predicted molar refractivity (Wildman–Crippen MR) is 71.2 cm³/mol. The van der Waals surface area contributed by atoms with E-state index in [1.165, 1.54) is 0 Å². The highest BCUT2D eigenvalue weighted by atomic mass is 32.1. The molecular weight excluding hydrogens is 268 g/mol. The molecule has 0 aromatic carbocycles. The van der Waals surface area contributed by atoms with Crippen LogP contribution in [0.1, 0.15) is 23.3 Å². The number of aromatic nitrogens is 1. The average molecular weight is 282 g/mol. The molecule has 2 amide bonds. The van der Waals surface area contributed by atoms with Crippen molar-refractivity contribution >= 4 is 29.1 Å². The third-order valence-electron chi connectivity index (χ3n) is 2.77. The molecule has 0 radical (unpaired) electrons. The Hall–Kier alpha value is -1.93. The Bertz CT molecular complexity index is 502. The number of nitrogens with one attached hydrogen (secondary N) is 4. The lowest BCUT2D eigenvalue weighted by atomic mass is 10.1. The Morgan fingerprint density at radius 2 is 2.32 bits per heavy atom. The van der Waals surface area contributed by atoms with Crippen molar-refractivity contribution in [3.05, 3.63) is 24.0 Å². The summed E-state index contributed by atoms with van der Waals surface area (Å²) in [5, 5.41) is 17.6. The number of thiocarbonyl (C=S) groups is 1. The topological polar surface area (TPSA) is 106 Å². The molecule has 2 rings (SSSR count). The van der Waals surface area contributed by atoms with Crippen LogP contribution in [0.4, 0.5) is 0 Å². The van der Waals surface area contributed by atoms with Gasteiger partial charge in [-0.2, -0.15) is 0 Å². The Balaban J connectivity index is 1.74. The number of rotatable bonds is 5. The number of carbonyl (C=O) groups is 2. The second kappa shape index (κ2) is 5.37. The van der Waals surface area contributed by atoms with Crippen LogP contribution < -0.4 is 16.0 Å². The highest BCUT2D eigenvalue weighted by Gasteiger charge is 2.42. The monoisotopic (exact) mass is 282 g/mol. The summed E-state index contributed by atoms with van der Waals surface area (Å²) >= 11 is 4.74. The maximum absolute atomic E-state index is 11.6. The maximum atomic E-state index is 11.6. The van der Waals surface area contributed by atoms with E-state index in [-0.39, 0.29) is 17.4 Å². The Kier molecular flexibility index (Phi) is 3.82. The lowest BCUT2D eigenvalue weighted by Crippen LogP contribution is -2.47. The van der Waals surface area contributed by atoms with Gasteiger partial charge in [0, 0.05) is 19.2 Å². The highest BCUT2D eigenvalue weighted by molar-refractivity contribution is 7.80. The molecule has 1 unspecified atom stereocenters. The SMILES string of the molecule is O=C(NCCCC1(O)NC(=S)NC1=O)c1ccc[nH]1. The Morgan fingerprint density at radius 1 is 1.53 bits per heavy atom. The van der Waals surface area contributed by atoms with Crippen LogP contribution in [0.3, 0.4) is 0 Å². The van der Waals surface area contributed by atoms with Crippen molar-refractivity contribution in [3.8, 4) is 0 Å². The number of carbonyl (C=O) groups excluding carboxylic acids is 2. The van der Waals surface area contributed by atoms with Crippen LogP contribution in [0.2, 0.25) is 0 Å². The van der Waals surface area contributed by atoms with Crippen LogP contribution in [0, 0.1) is 0 Å². The fraction of sp³-hybridized carbons (Fsp3) is 0.364. The average Bonchev–Trinajstić information content (AvgIpc) is 2.94. The number of hydrogen-bond acceptors (Lipinski definition) is 4. The minimum Gasteiger partial charge on any atom is -0.363 e. The summed E-state index contributed by atoms with van der Waals surface area (Å²) in [5.74, 6) is -0.787. The van der Waals surface area contributed by atoms with Crippen molar-refractivity contribution in [2.75, 3.05) is 6.54 Å². The van der Waals surface area contributed by atoms with Crippen LogP contribution in [0.15, 0.2) is 18.3 Å². The largest absolute Gasteiger partial charge is 0.363 e. The quantitative estimate of drug-likeness (QED) is 0.360. The predicted octanol–water partition coefficient (Wildman–Crippen LogP) is -0.782. The molecule has 2 heterocycles. The summed E-state index contributed by atoms with van der Waals surface area (Å²) in [5.41, 5.74) is -1.20. The zero-order chi connectivity index (χ0) is 13.9. The van der Waals surface area contributed by atoms with Crippen LogP contribution in [0.25, 0.3) is 0 Å². The van der Waals surface area contributed by atoms with Gasteiger partial charge in [-0.25, -0.2) is 0 Å². The van der Waals surface area contributed by atoms with E-state index in [1.54, 1.807) is 18.3 Å². The smallest absolute Gasteiger partial charge is 0.279 e. The number of hydrogen-bond donors (Lipinski definition) is 5. The van der Waals surface area contributed by atoms with Gasteiger partial charge in [0.25, 0.3) is 11.8 Å². The lowest BCUT2D eigenvalue weighted by molar-refractivity contribution is -0.137. The van der Waals surface area contributed by atoms with Gasteiger partial charge in [0.2, 0.25) is 5.72 Å². The second-order valence-electron chi connectivity index (χ2n) is 4.21. The molecule has 1 saturated heterocycles. The summed E-state index contributed by atoms with van der Waals surface area (Å²) in [6.45, 7) is 0.349. The van der Waals surface area contributed by atoms with E-state index < -0.39 is 11.6 Å². The van der Waals surface area contributed by atoms with Gasteiger partial charge in [0.05, 0.1) is 0 Å². The minimum absolute atomic E-state index is 0.114. The molecule has 5 N–H and O–H groups in total. The number of H-pyrrole nitrogens is 1. The fourth-order valence-electron chi connectivity index (χ4n) is 1.77. The van der Waals surface area contributed by atoms with Gasteiger partial charge in [-0.1, -0.05) is 0 Å². The maximum Gasteiger partial charge on any atom is 0.279 e. The summed E-state index contributed by atoms with van der Waals surface area (Å²) in [7, 11) is 0. The van der Waals surface area contributed by atoms with Crippen molar-refractivity contribution in [2.45, 2.75) is 18.6 Å². The number of amides is 2. The molecule has 102 valence electrons. The van der Waals surface area contributed by atoms with E-state index in [4.69, 9.17) is 12.2 Å². The summed E-state index contributed by atoms with van der Waals surface area (Å²) in [6.07, 6.45) is 2.25. The summed E-state index contributed by atoms with van der Waals surface area (Å²) in [6, 6.07) is 3.39. The van der Waals surface area contributed by atoms with Crippen LogP contribution >= 0.6 is 12.2 Å². The van der Waals surface area contributed by atoms with Gasteiger partial charge in [0.15, 0.2) is 5.11 Å². The molecule has 0 spiro atoms. The number of aromatic amines is 1. The Labute approximate surface area is 114 Å². The van der Waals surface area contributed by atoms with Crippen LogP contribution in [0.5, 0.6) is 0 Å². The van der Waals surface area contributed by atoms with E-state index >= 15 is 0 Å². The van der Waals surface area contributed by atoms with Gasteiger partial charge in [-0.3, -0.25) is 14.9 Å². The normalized spacial score (nSPS) is 21.9. The summed E-state index contributed by atoms with van der Waals surface area (Å²) < 4.78 is 0. The third-order valence-corrected chi connectivity index (χ3v) is 2.97. The molecule has 1 aliphatic heterocycles. The molecule has 1 atom stereocenters. The van der Waals surface area contributed by atoms with E-state index in [2.05, 4.69) is 20.9 Å². The second-order valence-corrected chi connectivity index (χ2v) is 4.62. The molecule has 1 aliphatic rings. The minimum atomic E-state index is -1.67. The van der Waals surface area contributed by atoms with Gasteiger partial charge < -0.3 is 20.7 Å². The molecule has 0 bridgehead atoms. The van der Waals surface area contributed by atoms with Crippen LogP contribution in [-0.2, 0) is 4.79 Å². The zero-order valence-corrected chi connectivity index (χ0v) is 10.8. The van der Waals surface area contributed by atoms with E-state index in [9.17, 15) is 14.7 Å². The molecule has 8 heteroatoms. The van der Waals surface area contributed by atoms with Crippen LogP contribution in [-0.4, -0.2) is 39.3 Å². The molecule has 0 aliphatic carbocycles. The van der Waals surface area contributed by atoms with Crippen molar-refractivity contribution in [1.82, 2.24) is 20.9 Å². The summed E-state index contributed by atoms with van der Waals surface area (Å²) in [4.78, 5) is 25.8. The number of aliphatic hydroxyl groups is 1. The van der Waals surface area contributed by atoms with E-state index in [0.29, 0.717) is 18.7 Å². The first-order valence-corrected chi connectivity index (χ1v) is 6.20. The first-order valence-electron chi connectivity index (χ1n) is 5.79. The third kappa shape index (κ3) is 3.09. The molecule has 19 heavy (non-hydrogen) atoms. The van der Waals surface area contributed by atoms with E-state index in [1.807, 2.05) is 0 Å². The Morgan fingerprint density at radius 3 is 2.89 bits per heavy atom. The first-order chi connectivity index (χ1) is 9.01. The van der Waals surface area contributed by atoms with Crippen molar-refractivity contribution < 1.29 is 14.7 Å². The van der Waals surface area contributed by atoms with Gasteiger partial charge in [-0.05, 0) is 30.8 Å². The highest BCUT2D eigenvalue weighted by Crippen LogP contribution is 2.13. The molecule has 1 aromatic heterocycles. The zero-order valence-electron chi connectivity index (χ0n) is 10.0. The van der Waals surface area contributed by atoms with Gasteiger partial charge in [0.1, 0.15) is 5.69 Å². The first kappa shape index (κ1) is 13.5. The molecule has 1 aromatic rings. The van der Waals surface area contributed by atoms with Crippen molar-refractivity contribution in [3.63, 3.8) is 0 Å². The molecule has 0 saturated carbocycles. The van der Waals surface area contributed by atoms with E-state index in [0.717, 1.165) is 0 Å². The van der Waals surface area contributed by atoms with Crippen molar-refractivity contribution in [1.29, 1.82) is 0 Å². The standard InChI is InChI=1S/C11H14N4O3S/c16-8(7-3-1-5-12-7)13-6-2-4-11(18)9(17)14-10(19)15-11/h1,3,5,12,18H,2,4,6H2,(H,13,16)(H2,14,15,17,19). The molecule has 7 nitrogen and oxygen atoms in total. The van der Waals surface area contributed by atoms with Gasteiger partial charge in [-0.15, -0.1) is 0 Å². The van der Waals surface area contributed by atoms with Crippen molar-refractivity contribution in [2.24, 2.45) is 0 Å². The fourth-order valence-corrected chi connectivity index (χ4v) is 2.03. The molecular formula is C11H14N4O3S. The lowest BCUT2D eigenvalue weighted by Gasteiger charge is -2.19. The van der Waals surface area contributed by atoms with Gasteiger partial charge >= 0.3 is 0 Å².